The molecule has 6 heteroatoms. The number of rotatable bonds is 5. The third-order valence-electron chi connectivity index (χ3n) is 2.52. The molecule has 0 saturated heterocycles. The van der Waals surface area contributed by atoms with Crippen LogP contribution in [0.4, 0.5) is 0 Å². The Hall–Kier alpha value is -1.88. The standard InChI is InChI=1S/C13H14ClNO4/c1-15(8-9-5-3-4-6-10(9)14)12(17)7-11(16)13(18)19-2/h3-6H,7-8H2,1-2H3. The molecule has 5 nitrogen and oxygen atoms in total. The minimum absolute atomic E-state index is 0.271. The summed E-state index contributed by atoms with van der Waals surface area (Å²) in [7, 11) is 2.63. The van der Waals surface area contributed by atoms with Gasteiger partial charge in [-0.15, -0.1) is 0 Å². The molecular weight excluding hydrogens is 270 g/mol. The Morgan fingerprint density at radius 3 is 2.47 bits per heavy atom. The van der Waals surface area contributed by atoms with Gasteiger partial charge < -0.3 is 9.64 Å². The first-order chi connectivity index (χ1) is 8.95. The van der Waals surface area contributed by atoms with Crippen molar-refractivity contribution >= 4 is 29.3 Å². The van der Waals surface area contributed by atoms with Crippen molar-refractivity contribution in [1.82, 2.24) is 4.90 Å². The van der Waals surface area contributed by atoms with Crippen LogP contribution < -0.4 is 0 Å². The highest BCUT2D eigenvalue weighted by Crippen LogP contribution is 2.16. The van der Waals surface area contributed by atoms with Gasteiger partial charge in [0.1, 0.15) is 0 Å². The van der Waals surface area contributed by atoms with Gasteiger partial charge in [-0.1, -0.05) is 29.8 Å². The maximum absolute atomic E-state index is 11.7. The van der Waals surface area contributed by atoms with E-state index in [1.807, 2.05) is 0 Å². The van der Waals surface area contributed by atoms with E-state index in [-0.39, 0.29) is 6.54 Å². The zero-order chi connectivity index (χ0) is 14.4. The van der Waals surface area contributed by atoms with Crippen molar-refractivity contribution in [3.8, 4) is 0 Å². The Labute approximate surface area is 116 Å². The molecule has 0 aromatic heterocycles. The number of benzene rings is 1. The summed E-state index contributed by atoms with van der Waals surface area (Å²) in [6.45, 7) is 0.271. The van der Waals surface area contributed by atoms with Crippen molar-refractivity contribution in [2.24, 2.45) is 0 Å². The third-order valence-corrected chi connectivity index (χ3v) is 2.88. The molecule has 102 valence electrons. The van der Waals surface area contributed by atoms with Crippen LogP contribution in [0, 0.1) is 0 Å². The molecule has 0 unspecified atom stereocenters. The van der Waals surface area contributed by atoms with Gasteiger partial charge in [0.15, 0.2) is 0 Å². The van der Waals surface area contributed by atoms with Crippen LogP contribution in [0.15, 0.2) is 24.3 Å². The van der Waals surface area contributed by atoms with Crippen LogP contribution >= 0.6 is 11.6 Å². The number of carbonyl (C=O) groups excluding carboxylic acids is 3. The molecule has 0 atom stereocenters. The molecule has 0 radical (unpaired) electrons. The van der Waals surface area contributed by atoms with Crippen molar-refractivity contribution in [2.75, 3.05) is 14.2 Å². The van der Waals surface area contributed by atoms with Crippen LogP contribution in [-0.2, 0) is 25.7 Å². The monoisotopic (exact) mass is 283 g/mol. The summed E-state index contributed by atoms with van der Waals surface area (Å²) >= 11 is 5.97. The summed E-state index contributed by atoms with van der Waals surface area (Å²) < 4.78 is 4.25. The molecule has 0 aliphatic carbocycles. The second-order valence-electron chi connectivity index (χ2n) is 3.93. The molecule has 0 bridgehead atoms. The molecule has 1 aromatic rings. The number of esters is 1. The molecule has 19 heavy (non-hydrogen) atoms. The lowest BCUT2D eigenvalue weighted by Crippen LogP contribution is -2.30. The van der Waals surface area contributed by atoms with Gasteiger partial charge in [-0.25, -0.2) is 4.79 Å². The molecule has 0 fully saturated rings. The van der Waals surface area contributed by atoms with Gasteiger partial charge in [0, 0.05) is 18.6 Å². The first-order valence-corrected chi connectivity index (χ1v) is 5.92. The van der Waals surface area contributed by atoms with E-state index in [1.165, 1.54) is 11.9 Å². The van der Waals surface area contributed by atoms with Crippen LogP contribution in [0.1, 0.15) is 12.0 Å². The van der Waals surface area contributed by atoms with E-state index >= 15 is 0 Å². The van der Waals surface area contributed by atoms with Crippen LogP contribution in [0.3, 0.4) is 0 Å². The van der Waals surface area contributed by atoms with Gasteiger partial charge in [-0.05, 0) is 11.6 Å². The Balaban J connectivity index is 2.61. The number of halogens is 1. The van der Waals surface area contributed by atoms with E-state index in [1.54, 1.807) is 24.3 Å². The zero-order valence-corrected chi connectivity index (χ0v) is 11.4. The lowest BCUT2D eigenvalue weighted by Gasteiger charge is -2.17. The molecule has 0 aliphatic heterocycles. The minimum atomic E-state index is -1.01. The summed E-state index contributed by atoms with van der Waals surface area (Å²) in [4.78, 5) is 35.3. The average molecular weight is 284 g/mol. The Bertz CT molecular complexity index is 501. The van der Waals surface area contributed by atoms with Crippen molar-refractivity contribution in [3.05, 3.63) is 34.9 Å². The van der Waals surface area contributed by atoms with Gasteiger partial charge in [0.05, 0.1) is 13.5 Å². The topological polar surface area (TPSA) is 63.7 Å². The van der Waals surface area contributed by atoms with Gasteiger partial charge in [-0.3, -0.25) is 9.59 Å². The van der Waals surface area contributed by atoms with E-state index in [2.05, 4.69) is 4.74 Å². The molecule has 0 heterocycles. The largest absolute Gasteiger partial charge is 0.463 e. The van der Waals surface area contributed by atoms with E-state index in [4.69, 9.17) is 11.6 Å². The fourth-order valence-corrected chi connectivity index (χ4v) is 1.62. The third kappa shape index (κ3) is 4.37. The minimum Gasteiger partial charge on any atom is -0.463 e. The molecule has 0 N–H and O–H groups in total. The van der Waals surface area contributed by atoms with E-state index in [0.29, 0.717) is 5.02 Å². The molecule has 0 saturated carbocycles. The molecule has 1 rings (SSSR count). The number of carbonyl (C=O) groups is 3. The first-order valence-electron chi connectivity index (χ1n) is 5.54. The predicted molar refractivity (Wildman–Crippen MR) is 69.6 cm³/mol. The summed E-state index contributed by atoms with van der Waals surface area (Å²) in [6.07, 6.45) is -0.506. The second kappa shape index (κ2) is 6.89. The van der Waals surface area contributed by atoms with E-state index < -0.39 is 24.1 Å². The van der Waals surface area contributed by atoms with Crippen molar-refractivity contribution in [3.63, 3.8) is 0 Å². The summed E-state index contributed by atoms with van der Waals surface area (Å²) in [5.74, 6) is -2.34. The molecular formula is C13H14ClNO4. The average Bonchev–Trinajstić information content (AvgIpc) is 2.40. The molecule has 1 amide bonds. The second-order valence-corrected chi connectivity index (χ2v) is 4.34. The van der Waals surface area contributed by atoms with E-state index in [9.17, 15) is 14.4 Å². The highest BCUT2D eigenvalue weighted by Gasteiger charge is 2.21. The van der Waals surface area contributed by atoms with Crippen LogP contribution in [0.2, 0.25) is 5.02 Å². The molecule has 1 aromatic carbocycles. The lowest BCUT2D eigenvalue weighted by atomic mass is 10.2. The van der Waals surface area contributed by atoms with Crippen molar-refractivity contribution in [1.29, 1.82) is 0 Å². The molecule has 0 aliphatic rings. The summed E-state index contributed by atoms with van der Waals surface area (Å²) in [6, 6.07) is 7.09. The number of methoxy groups -OCH3 is 1. The highest BCUT2D eigenvalue weighted by molar-refractivity contribution is 6.36. The Kier molecular flexibility index (Phi) is 5.51. The summed E-state index contributed by atoms with van der Waals surface area (Å²) in [5.41, 5.74) is 0.769. The Morgan fingerprint density at radius 2 is 1.89 bits per heavy atom. The number of amides is 1. The number of ether oxygens (including phenoxy) is 1. The number of ketones is 1. The van der Waals surface area contributed by atoms with Gasteiger partial charge in [0.2, 0.25) is 11.7 Å². The number of Topliss-reactive ketones (excluding diaryl/α,β-unsaturated/α-hetero) is 1. The SMILES string of the molecule is COC(=O)C(=O)CC(=O)N(C)Cc1ccccc1Cl. The van der Waals surface area contributed by atoms with Crippen LogP contribution in [0.5, 0.6) is 0 Å². The number of hydrogen-bond donors (Lipinski definition) is 0. The normalized spacial score (nSPS) is 9.84. The first kappa shape index (κ1) is 15.2. The van der Waals surface area contributed by atoms with Gasteiger partial charge >= 0.3 is 5.97 Å². The quantitative estimate of drug-likeness (QED) is 0.466. The van der Waals surface area contributed by atoms with Crippen LogP contribution in [0.25, 0.3) is 0 Å². The summed E-state index contributed by atoms with van der Waals surface area (Å²) in [5, 5.41) is 0.543. The Morgan fingerprint density at radius 1 is 1.26 bits per heavy atom. The smallest absolute Gasteiger partial charge is 0.374 e. The predicted octanol–water partition coefficient (Wildman–Crippen LogP) is 1.43. The van der Waals surface area contributed by atoms with Crippen LogP contribution in [-0.4, -0.2) is 36.7 Å². The maximum Gasteiger partial charge on any atom is 0.374 e. The zero-order valence-electron chi connectivity index (χ0n) is 10.7. The lowest BCUT2D eigenvalue weighted by molar-refractivity contribution is -0.153. The number of hydrogen-bond acceptors (Lipinski definition) is 4. The van der Waals surface area contributed by atoms with Gasteiger partial charge in [-0.2, -0.15) is 0 Å². The van der Waals surface area contributed by atoms with E-state index in [0.717, 1.165) is 12.7 Å². The highest BCUT2D eigenvalue weighted by atomic mass is 35.5. The van der Waals surface area contributed by atoms with Crippen molar-refractivity contribution < 1.29 is 19.1 Å². The fraction of sp³-hybridized carbons (Fsp3) is 0.308. The maximum atomic E-state index is 11.7. The molecule has 0 spiro atoms. The van der Waals surface area contributed by atoms with Gasteiger partial charge in [0.25, 0.3) is 0 Å². The number of nitrogens with zero attached hydrogens (tertiary/aromatic N) is 1. The van der Waals surface area contributed by atoms with Crippen molar-refractivity contribution in [2.45, 2.75) is 13.0 Å². The fourth-order valence-electron chi connectivity index (χ4n) is 1.43.